The molecule has 4 bridgehead atoms. The minimum absolute atomic E-state index is 0.0997. The third-order valence-corrected chi connectivity index (χ3v) is 21.0. The first-order valence-corrected chi connectivity index (χ1v) is 36.2. The van der Waals surface area contributed by atoms with Crippen molar-refractivity contribution in [3.05, 3.63) is 95.3 Å². The first-order valence-electron chi connectivity index (χ1n) is 25.8. The maximum absolute atomic E-state index is 13.4. The molecule has 6 aliphatic rings. The summed E-state index contributed by atoms with van der Waals surface area (Å²) in [5.74, 6) is 0.495. The van der Waals surface area contributed by atoms with Crippen molar-refractivity contribution in [1.82, 2.24) is 66.9 Å². The van der Waals surface area contributed by atoms with Crippen LogP contribution in [0, 0.1) is 0 Å². The minimum atomic E-state index is -4.29. The quantitative estimate of drug-likeness (QED) is 0.0686. The van der Waals surface area contributed by atoms with Crippen molar-refractivity contribution >= 4 is 120 Å². The molecule has 472 valence electrons. The van der Waals surface area contributed by atoms with Gasteiger partial charge in [-0.15, -0.1) is 0 Å². The van der Waals surface area contributed by atoms with Gasteiger partial charge < -0.3 is 79.1 Å². The summed E-state index contributed by atoms with van der Waals surface area (Å²) in [5, 5.41) is 44.8. The summed E-state index contributed by atoms with van der Waals surface area (Å²) in [7, 11) is 0. The fourth-order valence-corrected chi connectivity index (χ4v) is 16.4. The molecule has 0 radical (unpaired) electrons. The van der Waals surface area contributed by atoms with Crippen molar-refractivity contribution in [2.24, 2.45) is 0 Å². The molecule has 6 saturated heterocycles. The predicted octanol–water partition coefficient (Wildman–Crippen LogP) is -1.81. The normalized spacial score (nSPS) is 38.3. The second-order valence-electron chi connectivity index (χ2n) is 20.0. The van der Waals surface area contributed by atoms with Crippen LogP contribution in [0.15, 0.2) is 84.2 Å². The molecule has 14 rings (SSSR count). The summed E-state index contributed by atoms with van der Waals surface area (Å²) in [5.41, 5.74) is 12.0. The van der Waals surface area contributed by atoms with Crippen molar-refractivity contribution in [3.8, 4) is 0 Å². The van der Waals surface area contributed by atoms with E-state index in [1.807, 2.05) is 0 Å². The number of hydrogen-bond acceptors (Lipinski definition) is 32. The lowest BCUT2D eigenvalue weighted by molar-refractivity contribution is -0.0609. The average molecular weight is 1380 g/mol. The van der Waals surface area contributed by atoms with E-state index in [0.29, 0.717) is 0 Å². The Labute approximate surface area is 510 Å². The van der Waals surface area contributed by atoms with E-state index < -0.39 is 152 Å². The van der Waals surface area contributed by atoms with Crippen molar-refractivity contribution in [1.29, 1.82) is 0 Å². The van der Waals surface area contributed by atoms with Crippen LogP contribution in [0.1, 0.15) is 24.9 Å². The zero-order chi connectivity index (χ0) is 61.9. The Morgan fingerprint density at radius 3 is 1.32 bits per heavy atom. The van der Waals surface area contributed by atoms with Crippen LogP contribution in [0.5, 0.6) is 0 Å². The van der Waals surface area contributed by atoms with Gasteiger partial charge in [-0.25, -0.2) is 44.4 Å². The van der Waals surface area contributed by atoms with Crippen LogP contribution in [-0.2, 0) is 95.1 Å². The highest BCUT2D eigenvalue weighted by Gasteiger charge is 2.55. The maximum atomic E-state index is 13.4. The molecule has 0 amide bonds. The van der Waals surface area contributed by atoms with Gasteiger partial charge in [0.1, 0.15) is 96.9 Å². The molecule has 46 heteroatoms. The average Bonchev–Trinajstić information content (AvgIpc) is 1.68. The van der Waals surface area contributed by atoms with Crippen LogP contribution >= 0.6 is 39.2 Å². The van der Waals surface area contributed by atoms with Gasteiger partial charge in [-0.2, -0.15) is 0 Å². The number of hydrogen-bond donors (Lipinski definition) is 10. The van der Waals surface area contributed by atoms with Crippen LogP contribution in [-0.4, -0.2) is 202 Å². The minimum Gasteiger partial charge on any atom is -0.387 e. The number of nitrogens with zero attached hydrogens (tertiary/aromatic N) is 14. The largest absolute Gasteiger partial charge is 0.387 e. The number of aliphatic hydroxyl groups excluding tert-OH is 4. The molecular formula is C42H48N16O22P4S4. The number of ether oxygens (including phenoxy) is 4. The monoisotopic (exact) mass is 1380 g/mol. The maximum Gasteiger partial charge on any atom is 0.386 e. The van der Waals surface area contributed by atoms with Crippen LogP contribution in [0.2, 0.25) is 0 Å². The van der Waals surface area contributed by atoms with E-state index in [4.69, 9.17) is 102 Å². The van der Waals surface area contributed by atoms with Gasteiger partial charge in [0.2, 0.25) is 11.6 Å². The highest BCUT2D eigenvalue weighted by Crippen LogP contribution is 2.59. The second-order valence-corrected chi connectivity index (χ2v) is 31.3. The summed E-state index contributed by atoms with van der Waals surface area (Å²) in [6, 6.07) is 2.49. The summed E-state index contributed by atoms with van der Waals surface area (Å²) in [6.45, 7) is -18.9. The zero-order valence-corrected chi connectivity index (χ0v) is 51.0. The molecule has 0 spiro atoms. The standard InChI is InChI=1S/2C21H24N8O11P2S2/c2*22-17-12-18(25-7-24-17)29(8-26-12)19-14(32)15-10(38-19)6-36-42(34,44)40-16-13(31)9(5-35-41(33,43)39-15)37-20(16)28-3-1-11(30)27-4-2-23-21(27)28/h2*1-4,7-10,13-16,19-20,31-32H,5-6H2,(H,33,43)(H,34,44)(H2,22,24,25)/t2*9-,10-,13-,14-,15-,16-,19-,20-,41?,42?/m11/s1. The third kappa shape index (κ3) is 11.7. The van der Waals surface area contributed by atoms with E-state index in [2.05, 4.69) is 52.1 Å². The number of nitrogens with two attached hydrogens (primary N) is 2. The number of imidazole rings is 4. The van der Waals surface area contributed by atoms with Crippen LogP contribution in [0.25, 0.3) is 33.9 Å². The van der Waals surface area contributed by atoms with Gasteiger partial charge in [-0.05, 0) is 35.4 Å². The summed E-state index contributed by atoms with van der Waals surface area (Å²) in [4.78, 5) is 90.5. The highest BCUT2D eigenvalue weighted by molar-refractivity contribution is 8.44. The zero-order valence-electron chi connectivity index (χ0n) is 44.1. The molecular weight excluding hydrogens is 1330 g/mol. The summed E-state index contributed by atoms with van der Waals surface area (Å²) < 4.78 is 90.6. The van der Waals surface area contributed by atoms with E-state index in [1.54, 1.807) is 0 Å². The molecule has 11 N–H and O–H groups in total. The van der Waals surface area contributed by atoms with Crippen molar-refractivity contribution in [2.45, 2.75) is 98.2 Å². The van der Waals surface area contributed by atoms with Gasteiger partial charge in [0.15, 0.2) is 47.8 Å². The Morgan fingerprint density at radius 2 is 0.875 bits per heavy atom. The molecule has 6 fully saturated rings. The number of aliphatic hydroxyl groups is 4. The molecule has 38 nitrogen and oxygen atoms in total. The lowest BCUT2D eigenvalue weighted by Gasteiger charge is -2.28. The molecule has 8 aromatic heterocycles. The van der Waals surface area contributed by atoms with E-state index in [1.165, 1.54) is 102 Å². The van der Waals surface area contributed by atoms with Crippen molar-refractivity contribution in [2.75, 3.05) is 37.9 Å². The highest BCUT2D eigenvalue weighted by atomic mass is 32.7. The molecule has 0 saturated carbocycles. The number of fused-ring (bicyclic) bond motifs is 10. The Kier molecular flexibility index (Phi) is 16.8. The van der Waals surface area contributed by atoms with E-state index in [-0.39, 0.29) is 56.6 Å². The van der Waals surface area contributed by atoms with E-state index in [9.17, 15) is 49.3 Å². The topological polar surface area (TPSA) is 487 Å². The molecule has 0 aromatic carbocycles. The molecule has 0 aliphatic carbocycles. The SMILES string of the molecule is Nc1ncnc2c1ncn2[C@@H]1O[C@@H]2COP(O)(=S)O[C@@H]3[C@H](O)[C@@H](COP(=O)(S)O[C@H]2[C@H]1O)O[C@H]3n1ccc(=O)n2ccnc12.Nc1ncnc2c1ncn2[C@@H]1O[C@@H]2COP(O)(=S)O[C@@H]3[C@H](O)[C@@H](COP(O)(=S)O[C@H]2[C@H]1O)O[C@H]3n1ccc(=O)n2ccnc12. The molecule has 4 unspecified atom stereocenters. The summed E-state index contributed by atoms with van der Waals surface area (Å²) in [6.07, 6.45) is -7.52. The van der Waals surface area contributed by atoms with Gasteiger partial charge in [0, 0.05) is 49.3 Å². The molecule has 14 heterocycles. The third-order valence-electron chi connectivity index (χ3n) is 14.7. The Hall–Kier alpha value is -4.69. The van der Waals surface area contributed by atoms with Crippen LogP contribution in [0.4, 0.5) is 11.6 Å². The van der Waals surface area contributed by atoms with Gasteiger partial charge in [0.25, 0.3) is 11.1 Å². The van der Waals surface area contributed by atoms with E-state index >= 15 is 0 Å². The van der Waals surface area contributed by atoms with Gasteiger partial charge in [-0.1, -0.05) is 12.2 Å². The molecule has 6 aliphatic heterocycles. The fraction of sp³-hybridized carbons (Fsp3) is 0.476. The van der Waals surface area contributed by atoms with E-state index in [0.717, 1.165) is 0 Å². The number of thiol groups is 1. The first kappa shape index (κ1) is 62.1. The van der Waals surface area contributed by atoms with Crippen LogP contribution < -0.4 is 22.6 Å². The van der Waals surface area contributed by atoms with Crippen LogP contribution in [0.3, 0.4) is 0 Å². The molecule has 8 aromatic rings. The number of aromatic nitrogens is 14. The van der Waals surface area contributed by atoms with Gasteiger partial charge >= 0.3 is 27.0 Å². The predicted molar refractivity (Wildman–Crippen MR) is 307 cm³/mol. The lowest BCUT2D eigenvalue weighted by atomic mass is 10.1. The molecule has 20 atom stereocenters. The Bertz CT molecular complexity index is 4050. The summed E-state index contributed by atoms with van der Waals surface area (Å²) >= 11 is 19.8. The number of rotatable bonds is 4. The number of nitrogen functional groups attached to an aromatic ring is 2. The lowest BCUT2D eigenvalue weighted by Crippen LogP contribution is -2.36. The smallest absolute Gasteiger partial charge is 0.386 e. The number of anilines is 2. The first-order chi connectivity index (χ1) is 41.8. The Morgan fingerprint density at radius 1 is 0.489 bits per heavy atom. The molecule has 88 heavy (non-hydrogen) atoms. The van der Waals surface area contributed by atoms with Gasteiger partial charge in [0.05, 0.1) is 39.1 Å². The second kappa shape index (κ2) is 23.8. The fourth-order valence-electron chi connectivity index (χ4n) is 10.6. The van der Waals surface area contributed by atoms with Crippen molar-refractivity contribution < 1.29 is 94.8 Å². The van der Waals surface area contributed by atoms with Gasteiger partial charge in [-0.3, -0.25) is 59.3 Å². The Balaban J connectivity index is 0.000000162. The van der Waals surface area contributed by atoms with Crippen molar-refractivity contribution in [3.63, 3.8) is 0 Å².